The minimum Gasteiger partial charge on any atom is -0.324 e. The van der Waals surface area contributed by atoms with Crippen molar-refractivity contribution >= 4 is 28.6 Å². The summed E-state index contributed by atoms with van der Waals surface area (Å²) in [6, 6.07) is 5.73. The molecule has 0 aliphatic heterocycles. The SMILES string of the molecule is NC(C(=O)Nc1ccc([N+](=O)[O-])c(F)c1)c1cccs1. The Morgan fingerprint density at radius 1 is 1.45 bits per heavy atom. The number of benzene rings is 1. The number of nitrogens with two attached hydrogens (primary N) is 1. The van der Waals surface area contributed by atoms with Crippen LogP contribution in [0.25, 0.3) is 0 Å². The van der Waals surface area contributed by atoms with Crippen LogP contribution in [0.2, 0.25) is 0 Å². The van der Waals surface area contributed by atoms with Crippen molar-refractivity contribution in [1.29, 1.82) is 0 Å². The van der Waals surface area contributed by atoms with E-state index in [1.54, 1.807) is 17.5 Å². The Morgan fingerprint density at radius 2 is 2.20 bits per heavy atom. The summed E-state index contributed by atoms with van der Waals surface area (Å²) in [7, 11) is 0. The van der Waals surface area contributed by atoms with Crippen molar-refractivity contribution in [2.75, 3.05) is 5.32 Å². The highest BCUT2D eigenvalue weighted by molar-refractivity contribution is 7.10. The first-order valence-electron chi connectivity index (χ1n) is 5.53. The van der Waals surface area contributed by atoms with E-state index in [1.807, 2.05) is 0 Å². The van der Waals surface area contributed by atoms with Gasteiger partial charge in [0, 0.05) is 22.7 Å². The van der Waals surface area contributed by atoms with Gasteiger partial charge in [0.05, 0.1) is 4.92 Å². The Bertz CT molecular complexity index is 645. The van der Waals surface area contributed by atoms with Crippen LogP contribution in [0, 0.1) is 15.9 Å². The molecular formula is C12H10FN3O3S. The first kappa shape index (κ1) is 14.1. The third-order valence-corrected chi connectivity index (χ3v) is 3.50. The zero-order valence-corrected chi connectivity index (χ0v) is 10.9. The zero-order chi connectivity index (χ0) is 14.7. The van der Waals surface area contributed by atoms with Crippen LogP contribution in [0.4, 0.5) is 15.8 Å². The quantitative estimate of drug-likeness (QED) is 0.668. The second kappa shape index (κ2) is 5.76. The molecule has 1 aromatic heterocycles. The lowest BCUT2D eigenvalue weighted by molar-refractivity contribution is -0.387. The molecule has 1 aromatic carbocycles. The van der Waals surface area contributed by atoms with Crippen molar-refractivity contribution in [1.82, 2.24) is 0 Å². The first-order chi connectivity index (χ1) is 9.49. The predicted molar refractivity (Wildman–Crippen MR) is 72.9 cm³/mol. The average Bonchev–Trinajstić information content (AvgIpc) is 2.91. The van der Waals surface area contributed by atoms with Crippen molar-refractivity contribution < 1.29 is 14.1 Å². The van der Waals surface area contributed by atoms with Gasteiger partial charge in [-0.2, -0.15) is 4.39 Å². The number of thiophene rings is 1. The number of hydrogen-bond acceptors (Lipinski definition) is 5. The molecule has 0 aliphatic rings. The molecule has 0 saturated carbocycles. The number of rotatable bonds is 4. The van der Waals surface area contributed by atoms with Gasteiger partial charge in [0.25, 0.3) is 0 Å². The van der Waals surface area contributed by atoms with Crippen molar-refractivity contribution in [2.24, 2.45) is 5.73 Å². The van der Waals surface area contributed by atoms with Gasteiger partial charge in [-0.05, 0) is 17.5 Å². The molecule has 1 amide bonds. The van der Waals surface area contributed by atoms with Crippen LogP contribution in [-0.2, 0) is 4.79 Å². The fourth-order valence-corrected chi connectivity index (χ4v) is 2.28. The third-order valence-electron chi connectivity index (χ3n) is 2.54. The molecule has 0 aliphatic carbocycles. The molecule has 0 spiro atoms. The normalized spacial score (nSPS) is 11.9. The smallest absolute Gasteiger partial charge is 0.304 e. The minimum absolute atomic E-state index is 0.116. The average molecular weight is 295 g/mol. The van der Waals surface area contributed by atoms with Gasteiger partial charge >= 0.3 is 5.69 Å². The van der Waals surface area contributed by atoms with Crippen LogP contribution in [0.1, 0.15) is 10.9 Å². The lowest BCUT2D eigenvalue weighted by Gasteiger charge is -2.10. The molecule has 3 N–H and O–H groups in total. The summed E-state index contributed by atoms with van der Waals surface area (Å²) in [6.45, 7) is 0. The van der Waals surface area contributed by atoms with Gasteiger partial charge in [-0.1, -0.05) is 6.07 Å². The molecule has 1 unspecified atom stereocenters. The summed E-state index contributed by atoms with van der Waals surface area (Å²) in [4.78, 5) is 22.2. The topological polar surface area (TPSA) is 98.3 Å². The van der Waals surface area contributed by atoms with E-state index in [4.69, 9.17) is 5.73 Å². The Kier molecular flexibility index (Phi) is 4.06. The molecule has 0 fully saturated rings. The van der Waals surface area contributed by atoms with E-state index in [0.717, 1.165) is 12.1 Å². The van der Waals surface area contributed by atoms with E-state index >= 15 is 0 Å². The fourth-order valence-electron chi connectivity index (χ4n) is 1.55. The summed E-state index contributed by atoms with van der Waals surface area (Å²) < 4.78 is 13.4. The highest BCUT2D eigenvalue weighted by atomic mass is 32.1. The fraction of sp³-hybridized carbons (Fsp3) is 0.0833. The van der Waals surface area contributed by atoms with Crippen LogP contribution in [0.15, 0.2) is 35.7 Å². The van der Waals surface area contributed by atoms with E-state index < -0.39 is 28.4 Å². The van der Waals surface area contributed by atoms with Gasteiger partial charge in [0.2, 0.25) is 11.7 Å². The molecule has 0 radical (unpaired) electrons. The molecule has 2 aromatic rings. The number of nitrogens with one attached hydrogen (secondary N) is 1. The Balaban J connectivity index is 2.12. The number of nitrogens with zero attached hydrogens (tertiary/aromatic N) is 1. The number of hydrogen-bond donors (Lipinski definition) is 2. The number of carbonyl (C=O) groups is 1. The van der Waals surface area contributed by atoms with Crippen LogP contribution in [0.5, 0.6) is 0 Å². The monoisotopic (exact) mass is 295 g/mol. The molecule has 0 bridgehead atoms. The second-order valence-corrected chi connectivity index (χ2v) is 4.88. The van der Waals surface area contributed by atoms with Crippen molar-refractivity contribution in [3.05, 3.63) is 56.5 Å². The highest BCUT2D eigenvalue weighted by Gasteiger charge is 2.19. The Labute approximate surface area is 117 Å². The lowest BCUT2D eigenvalue weighted by Crippen LogP contribution is -2.27. The largest absolute Gasteiger partial charge is 0.324 e. The number of carbonyl (C=O) groups excluding carboxylic acids is 1. The van der Waals surface area contributed by atoms with Crippen molar-refractivity contribution in [3.63, 3.8) is 0 Å². The maximum Gasteiger partial charge on any atom is 0.304 e. The zero-order valence-electron chi connectivity index (χ0n) is 10.1. The Hall–Kier alpha value is -2.32. The van der Waals surface area contributed by atoms with E-state index in [2.05, 4.69) is 5.32 Å². The van der Waals surface area contributed by atoms with Crippen LogP contribution in [0.3, 0.4) is 0 Å². The van der Waals surface area contributed by atoms with E-state index in [1.165, 1.54) is 17.4 Å². The second-order valence-electron chi connectivity index (χ2n) is 3.91. The van der Waals surface area contributed by atoms with Gasteiger partial charge in [-0.25, -0.2) is 0 Å². The number of anilines is 1. The lowest BCUT2D eigenvalue weighted by atomic mass is 10.2. The predicted octanol–water partition coefficient (Wildman–Crippen LogP) is 2.43. The molecule has 20 heavy (non-hydrogen) atoms. The van der Waals surface area contributed by atoms with Gasteiger partial charge in [-0.3, -0.25) is 14.9 Å². The van der Waals surface area contributed by atoms with Crippen molar-refractivity contribution in [3.8, 4) is 0 Å². The van der Waals surface area contributed by atoms with E-state index in [9.17, 15) is 19.3 Å². The van der Waals surface area contributed by atoms with E-state index in [0.29, 0.717) is 4.88 Å². The first-order valence-corrected chi connectivity index (χ1v) is 6.41. The van der Waals surface area contributed by atoms with Crippen molar-refractivity contribution in [2.45, 2.75) is 6.04 Å². The molecule has 0 saturated heterocycles. The molecule has 1 atom stereocenters. The third kappa shape index (κ3) is 2.98. The van der Waals surface area contributed by atoms with Gasteiger partial charge in [0.1, 0.15) is 6.04 Å². The highest BCUT2D eigenvalue weighted by Crippen LogP contribution is 2.22. The summed E-state index contributed by atoms with van der Waals surface area (Å²) in [6.07, 6.45) is 0. The van der Waals surface area contributed by atoms with Crippen LogP contribution < -0.4 is 11.1 Å². The summed E-state index contributed by atoms with van der Waals surface area (Å²) >= 11 is 1.33. The summed E-state index contributed by atoms with van der Waals surface area (Å²) in [5, 5.41) is 14.7. The molecular weight excluding hydrogens is 285 g/mol. The molecule has 8 heteroatoms. The van der Waals surface area contributed by atoms with Crippen LogP contribution >= 0.6 is 11.3 Å². The molecule has 104 valence electrons. The number of nitro benzene ring substituents is 1. The Morgan fingerprint density at radius 3 is 2.75 bits per heavy atom. The minimum atomic E-state index is -1.02. The number of nitro groups is 1. The standard InChI is InChI=1S/C12H10FN3O3S/c13-8-6-7(3-4-9(8)16(18)19)15-12(17)11(14)10-2-1-5-20-10/h1-6,11H,14H2,(H,15,17). The van der Waals surface area contributed by atoms with Gasteiger partial charge < -0.3 is 11.1 Å². The van der Waals surface area contributed by atoms with Gasteiger partial charge in [0.15, 0.2) is 0 Å². The number of amides is 1. The molecule has 2 rings (SSSR count). The van der Waals surface area contributed by atoms with Gasteiger partial charge in [-0.15, -0.1) is 11.3 Å². The summed E-state index contributed by atoms with van der Waals surface area (Å²) in [5.74, 6) is -1.53. The summed E-state index contributed by atoms with van der Waals surface area (Å²) in [5.41, 5.74) is 5.21. The van der Waals surface area contributed by atoms with E-state index in [-0.39, 0.29) is 5.69 Å². The molecule has 1 heterocycles. The maximum absolute atomic E-state index is 13.4. The molecule has 6 nitrogen and oxygen atoms in total. The van der Waals surface area contributed by atoms with Crippen LogP contribution in [-0.4, -0.2) is 10.8 Å². The maximum atomic E-state index is 13.4. The number of halogens is 1.